The van der Waals surface area contributed by atoms with Crippen molar-refractivity contribution in [2.24, 2.45) is 0 Å². The Morgan fingerprint density at radius 2 is 0.575 bits per heavy atom. The van der Waals surface area contributed by atoms with Gasteiger partial charge in [0.25, 0.3) is 0 Å². The van der Waals surface area contributed by atoms with E-state index in [1.165, 1.54) is 360 Å². The van der Waals surface area contributed by atoms with Crippen LogP contribution in [0.1, 0.15) is 444 Å². The molecule has 0 aromatic heterocycles. The van der Waals surface area contributed by atoms with Crippen LogP contribution >= 0.6 is 0 Å². The molecule has 0 aromatic rings. The van der Waals surface area contributed by atoms with Crippen LogP contribution in [0.2, 0.25) is 0 Å². The van der Waals surface area contributed by atoms with Gasteiger partial charge < -0.3 is 20.3 Å². The average molecular weight is 1220 g/mol. The van der Waals surface area contributed by atoms with Crippen LogP contribution in [0, 0.1) is 0 Å². The molecule has 0 heterocycles. The van der Waals surface area contributed by atoms with Gasteiger partial charge in [0.05, 0.1) is 25.4 Å². The predicted molar refractivity (Wildman–Crippen MR) is 384 cm³/mol. The molecule has 0 radical (unpaired) electrons. The van der Waals surface area contributed by atoms with E-state index in [0.717, 1.165) is 51.4 Å². The standard InChI is InChI=1S/C81H155NO5/c1-3-5-7-9-11-13-15-17-19-21-22-36-39-42-45-49-53-57-61-65-69-73-79(84)78(77-83)82-80(85)74-70-66-62-58-54-50-46-43-40-37-34-32-30-28-26-24-23-25-27-29-31-33-35-38-41-44-48-52-56-60-64-68-72-76-87-81(86)75-71-67-63-59-55-51-47-20-18-16-14-12-10-8-6-4-2/h20,27,29,33,35,47,78-79,83-84H,3-19,21-26,28,30-32,34,36-46,48-77H2,1-2H3,(H,82,85)/b29-27-,35-33-,47-20-. The van der Waals surface area contributed by atoms with E-state index < -0.39 is 12.1 Å². The van der Waals surface area contributed by atoms with Crippen molar-refractivity contribution in [2.75, 3.05) is 13.2 Å². The molecule has 0 aliphatic carbocycles. The Morgan fingerprint density at radius 1 is 0.322 bits per heavy atom. The highest BCUT2D eigenvalue weighted by atomic mass is 16.5. The Labute approximate surface area is 544 Å². The summed E-state index contributed by atoms with van der Waals surface area (Å²) in [6.45, 7) is 4.99. The molecule has 0 fully saturated rings. The third-order valence-electron chi connectivity index (χ3n) is 18.7. The molecule has 0 rings (SSSR count). The van der Waals surface area contributed by atoms with Crippen molar-refractivity contribution in [3.63, 3.8) is 0 Å². The van der Waals surface area contributed by atoms with Crippen LogP contribution in [0.25, 0.3) is 0 Å². The molecule has 2 unspecified atom stereocenters. The summed E-state index contributed by atoms with van der Waals surface area (Å²) in [5.41, 5.74) is 0. The van der Waals surface area contributed by atoms with Crippen LogP contribution in [0.15, 0.2) is 36.5 Å². The summed E-state index contributed by atoms with van der Waals surface area (Å²) in [6, 6.07) is -0.541. The highest BCUT2D eigenvalue weighted by Crippen LogP contribution is 2.20. The lowest BCUT2D eigenvalue weighted by Crippen LogP contribution is -2.45. The number of aliphatic hydroxyl groups is 2. The fourth-order valence-corrected chi connectivity index (χ4v) is 12.6. The van der Waals surface area contributed by atoms with E-state index in [1.807, 2.05) is 0 Å². The first-order valence-corrected chi connectivity index (χ1v) is 39.7. The van der Waals surface area contributed by atoms with Crippen molar-refractivity contribution >= 4 is 11.9 Å². The molecule has 0 spiro atoms. The molecule has 0 saturated heterocycles. The number of carbonyl (C=O) groups excluding carboxylic acids is 2. The minimum atomic E-state index is -0.664. The molecule has 2 atom stereocenters. The van der Waals surface area contributed by atoms with Gasteiger partial charge in [0, 0.05) is 12.8 Å². The summed E-state index contributed by atoms with van der Waals surface area (Å²) >= 11 is 0. The molecular formula is C81H155NO5. The van der Waals surface area contributed by atoms with E-state index >= 15 is 0 Å². The zero-order chi connectivity index (χ0) is 62.8. The molecule has 0 aliphatic rings. The molecule has 514 valence electrons. The lowest BCUT2D eigenvalue weighted by molar-refractivity contribution is -0.143. The molecule has 0 saturated carbocycles. The highest BCUT2D eigenvalue weighted by molar-refractivity contribution is 5.76. The van der Waals surface area contributed by atoms with E-state index in [4.69, 9.17) is 4.74 Å². The number of hydrogen-bond donors (Lipinski definition) is 3. The second-order valence-electron chi connectivity index (χ2n) is 27.4. The number of carbonyl (C=O) groups is 2. The number of rotatable bonds is 75. The zero-order valence-corrected chi connectivity index (χ0v) is 59.0. The smallest absolute Gasteiger partial charge is 0.305 e. The molecule has 3 N–H and O–H groups in total. The highest BCUT2D eigenvalue weighted by Gasteiger charge is 2.20. The van der Waals surface area contributed by atoms with Gasteiger partial charge in [0.2, 0.25) is 5.91 Å². The monoisotopic (exact) mass is 1220 g/mol. The maximum absolute atomic E-state index is 12.6. The fraction of sp³-hybridized carbons (Fsp3) is 0.901. The number of aliphatic hydroxyl groups excluding tert-OH is 2. The molecule has 6 heteroatoms. The Balaban J connectivity index is 3.38. The van der Waals surface area contributed by atoms with Crippen molar-refractivity contribution < 1.29 is 24.5 Å². The lowest BCUT2D eigenvalue weighted by atomic mass is 10.0. The van der Waals surface area contributed by atoms with Crippen LogP contribution in [-0.4, -0.2) is 47.4 Å². The van der Waals surface area contributed by atoms with Gasteiger partial charge in [0.1, 0.15) is 0 Å². The topological polar surface area (TPSA) is 95.9 Å². The van der Waals surface area contributed by atoms with Crippen molar-refractivity contribution in [1.82, 2.24) is 5.32 Å². The number of nitrogens with one attached hydrogen (secondary N) is 1. The number of esters is 1. The third kappa shape index (κ3) is 73.0. The summed E-state index contributed by atoms with van der Waals surface area (Å²) in [6.07, 6.45) is 99.5. The van der Waals surface area contributed by atoms with Gasteiger partial charge in [-0.15, -0.1) is 0 Å². The summed E-state index contributed by atoms with van der Waals surface area (Å²) < 4.78 is 5.50. The van der Waals surface area contributed by atoms with E-state index in [0.29, 0.717) is 25.9 Å². The fourth-order valence-electron chi connectivity index (χ4n) is 12.6. The van der Waals surface area contributed by atoms with Crippen LogP contribution in [0.3, 0.4) is 0 Å². The van der Waals surface area contributed by atoms with Gasteiger partial charge in [-0.1, -0.05) is 384 Å². The largest absolute Gasteiger partial charge is 0.466 e. The number of amides is 1. The first-order chi connectivity index (χ1) is 43.0. The summed E-state index contributed by atoms with van der Waals surface area (Å²) in [4.78, 5) is 24.7. The second-order valence-corrected chi connectivity index (χ2v) is 27.4. The van der Waals surface area contributed by atoms with Crippen molar-refractivity contribution in [3.05, 3.63) is 36.5 Å². The Kier molecular flexibility index (Phi) is 74.8. The Bertz CT molecular complexity index is 1410. The summed E-state index contributed by atoms with van der Waals surface area (Å²) in [7, 11) is 0. The normalized spacial score (nSPS) is 12.6. The number of hydrogen-bond acceptors (Lipinski definition) is 5. The first-order valence-electron chi connectivity index (χ1n) is 39.7. The van der Waals surface area contributed by atoms with Crippen LogP contribution in [0.5, 0.6) is 0 Å². The van der Waals surface area contributed by atoms with Crippen LogP contribution < -0.4 is 5.32 Å². The molecule has 6 nitrogen and oxygen atoms in total. The predicted octanol–water partition coefficient (Wildman–Crippen LogP) is 26.2. The SMILES string of the molecule is CCCCCCCCC/C=C\CCCCCCCC(=O)OCCCCCCCCCCC/C=C\C/C=C\CCCCCCCCCCCCCCCCCCCC(=O)NC(CO)C(O)CCCCCCCCCCCCCCCCCCCCCCC. The van der Waals surface area contributed by atoms with E-state index in [2.05, 4.69) is 55.6 Å². The van der Waals surface area contributed by atoms with E-state index in [-0.39, 0.29) is 18.5 Å². The van der Waals surface area contributed by atoms with Crippen molar-refractivity contribution in [1.29, 1.82) is 0 Å². The molecular weight excluding hydrogens is 1070 g/mol. The Morgan fingerprint density at radius 3 is 0.885 bits per heavy atom. The van der Waals surface area contributed by atoms with E-state index in [1.54, 1.807) is 0 Å². The summed E-state index contributed by atoms with van der Waals surface area (Å²) in [5.74, 6) is -0.0207. The number of allylic oxidation sites excluding steroid dienone is 6. The number of unbranched alkanes of at least 4 members (excludes halogenated alkanes) is 58. The maximum Gasteiger partial charge on any atom is 0.305 e. The van der Waals surface area contributed by atoms with Gasteiger partial charge in [-0.3, -0.25) is 9.59 Å². The van der Waals surface area contributed by atoms with E-state index in [9.17, 15) is 19.8 Å². The van der Waals surface area contributed by atoms with Crippen molar-refractivity contribution in [2.45, 2.75) is 456 Å². The Hall–Kier alpha value is -1.92. The number of ether oxygens (including phenoxy) is 1. The molecule has 87 heavy (non-hydrogen) atoms. The van der Waals surface area contributed by atoms with Crippen molar-refractivity contribution in [3.8, 4) is 0 Å². The summed E-state index contributed by atoms with van der Waals surface area (Å²) in [5, 5.41) is 23.5. The lowest BCUT2D eigenvalue weighted by Gasteiger charge is -2.22. The maximum atomic E-state index is 12.6. The zero-order valence-electron chi connectivity index (χ0n) is 59.0. The molecule has 0 bridgehead atoms. The third-order valence-corrected chi connectivity index (χ3v) is 18.7. The minimum absolute atomic E-state index is 0.00757. The van der Waals surface area contributed by atoms with Crippen LogP contribution in [-0.2, 0) is 14.3 Å². The van der Waals surface area contributed by atoms with Gasteiger partial charge in [-0.05, 0) is 83.5 Å². The minimum Gasteiger partial charge on any atom is -0.466 e. The first kappa shape index (κ1) is 85.1. The second kappa shape index (κ2) is 76.5. The van der Waals surface area contributed by atoms with Crippen LogP contribution in [0.4, 0.5) is 0 Å². The molecule has 0 aliphatic heterocycles. The van der Waals surface area contributed by atoms with Gasteiger partial charge >= 0.3 is 5.97 Å². The molecule has 0 aromatic carbocycles. The van der Waals surface area contributed by atoms with Gasteiger partial charge in [-0.25, -0.2) is 0 Å². The van der Waals surface area contributed by atoms with Gasteiger partial charge in [0.15, 0.2) is 0 Å². The average Bonchev–Trinajstić information content (AvgIpc) is 3.55. The van der Waals surface area contributed by atoms with Gasteiger partial charge in [-0.2, -0.15) is 0 Å². The quantitative estimate of drug-likeness (QED) is 0.0320. The molecule has 1 amide bonds.